The molecule has 0 radical (unpaired) electrons. The summed E-state index contributed by atoms with van der Waals surface area (Å²) in [7, 11) is 0. The van der Waals surface area contributed by atoms with Crippen LogP contribution in [0.3, 0.4) is 0 Å². The maximum absolute atomic E-state index is 5.64. The summed E-state index contributed by atoms with van der Waals surface area (Å²) in [5.41, 5.74) is 7.46. The van der Waals surface area contributed by atoms with E-state index in [4.69, 9.17) is 18.0 Å². The SMILES string of the molecule is NC(=S)c1ccccc1NCc1nccs1. The van der Waals surface area contributed by atoms with Gasteiger partial charge >= 0.3 is 0 Å². The first kappa shape index (κ1) is 11.0. The summed E-state index contributed by atoms with van der Waals surface area (Å²) in [5.74, 6) is 0. The molecule has 2 aromatic rings. The number of thiocarbonyl (C=S) groups is 1. The van der Waals surface area contributed by atoms with Gasteiger partial charge in [0.15, 0.2) is 0 Å². The summed E-state index contributed by atoms with van der Waals surface area (Å²) in [6.07, 6.45) is 1.79. The monoisotopic (exact) mass is 249 g/mol. The molecule has 0 aliphatic carbocycles. The van der Waals surface area contributed by atoms with Crippen LogP contribution in [0.2, 0.25) is 0 Å². The number of nitrogens with one attached hydrogen (secondary N) is 1. The molecule has 1 heterocycles. The maximum Gasteiger partial charge on any atom is 0.112 e. The standard InChI is InChI=1S/C11H11N3S2/c12-11(15)8-3-1-2-4-9(8)14-7-10-13-5-6-16-10/h1-6,14H,7H2,(H2,12,15). The van der Waals surface area contributed by atoms with E-state index in [2.05, 4.69) is 10.3 Å². The van der Waals surface area contributed by atoms with Gasteiger partial charge in [0.1, 0.15) is 10.00 Å². The zero-order valence-corrected chi connectivity index (χ0v) is 10.1. The van der Waals surface area contributed by atoms with Gasteiger partial charge in [-0.15, -0.1) is 11.3 Å². The molecule has 2 rings (SSSR count). The van der Waals surface area contributed by atoms with E-state index in [1.165, 1.54) is 0 Å². The van der Waals surface area contributed by atoms with E-state index in [1.807, 2.05) is 29.6 Å². The lowest BCUT2D eigenvalue weighted by Crippen LogP contribution is -2.13. The number of hydrogen-bond donors (Lipinski definition) is 2. The number of aromatic nitrogens is 1. The largest absolute Gasteiger partial charge is 0.389 e. The average Bonchev–Trinajstić information content (AvgIpc) is 2.79. The van der Waals surface area contributed by atoms with Crippen molar-refractivity contribution in [3.8, 4) is 0 Å². The van der Waals surface area contributed by atoms with E-state index < -0.39 is 0 Å². The van der Waals surface area contributed by atoms with Crippen LogP contribution in [-0.4, -0.2) is 9.97 Å². The Morgan fingerprint density at radius 2 is 2.25 bits per heavy atom. The van der Waals surface area contributed by atoms with Gasteiger partial charge in [-0.3, -0.25) is 0 Å². The van der Waals surface area contributed by atoms with E-state index in [-0.39, 0.29) is 0 Å². The van der Waals surface area contributed by atoms with Gasteiger partial charge in [0.2, 0.25) is 0 Å². The summed E-state index contributed by atoms with van der Waals surface area (Å²) < 4.78 is 0. The Morgan fingerprint density at radius 1 is 1.44 bits per heavy atom. The fourth-order valence-corrected chi connectivity index (χ4v) is 2.10. The van der Waals surface area contributed by atoms with Gasteiger partial charge in [0.05, 0.1) is 6.54 Å². The third-order valence-electron chi connectivity index (χ3n) is 2.11. The van der Waals surface area contributed by atoms with Gasteiger partial charge < -0.3 is 11.1 Å². The molecule has 0 saturated carbocycles. The minimum atomic E-state index is 0.405. The number of nitrogens with two attached hydrogens (primary N) is 1. The second kappa shape index (κ2) is 5.05. The highest BCUT2D eigenvalue weighted by Crippen LogP contribution is 2.16. The summed E-state index contributed by atoms with van der Waals surface area (Å²) in [6, 6.07) is 7.74. The molecule has 1 aromatic carbocycles. The normalized spacial score (nSPS) is 10.0. The van der Waals surface area contributed by atoms with E-state index in [0.717, 1.165) is 16.3 Å². The molecule has 3 N–H and O–H groups in total. The zero-order valence-electron chi connectivity index (χ0n) is 8.51. The molecule has 16 heavy (non-hydrogen) atoms. The molecule has 1 aromatic heterocycles. The van der Waals surface area contributed by atoms with Crippen molar-refractivity contribution in [3.63, 3.8) is 0 Å². The van der Waals surface area contributed by atoms with Crippen LogP contribution in [0, 0.1) is 0 Å². The summed E-state index contributed by atoms with van der Waals surface area (Å²) in [5, 5.41) is 6.27. The van der Waals surface area contributed by atoms with E-state index in [0.29, 0.717) is 11.5 Å². The molecule has 0 atom stereocenters. The fourth-order valence-electron chi connectivity index (χ4n) is 1.36. The average molecular weight is 249 g/mol. The van der Waals surface area contributed by atoms with Crippen molar-refractivity contribution in [3.05, 3.63) is 46.4 Å². The van der Waals surface area contributed by atoms with Crippen molar-refractivity contribution in [2.75, 3.05) is 5.32 Å². The van der Waals surface area contributed by atoms with Gasteiger partial charge in [0, 0.05) is 22.8 Å². The third-order valence-corrected chi connectivity index (χ3v) is 3.11. The Kier molecular flexibility index (Phi) is 3.48. The molecule has 0 amide bonds. The third kappa shape index (κ3) is 2.56. The van der Waals surface area contributed by atoms with Crippen molar-refractivity contribution in [2.24, 2.45) is 5.73 Å². The molecular formula is C11H11N3S2. The van der Waals surface area contributed by atoms with Crippen LogP contribution < -0.4 is 11.1 Å². The van der Waals surface area contributed by atoms with Crippen molar-refractivity contribution in [1.29, 1.82) is 0 Å². The number of anilines is 1. The maximum atomic E-state index is 5.64. The smallest absolute Gasteiger partial charge is 0.112 e. The molecule has 0 saturated heterocycles. The Bertz CT molecular complexity index is 480. The van der Waals surface area contributed by atoms with E-state index >= 15 is 0 Å². The quantitative estimate of drug-likeness (QED) is 0.817. The van der Waals surface area contributed by atoms with Crippen molar-refractivity contribution >= 4 is 34.2 Å². The van der Waals surface area contributed by atoms with Crippen molar-refractivity contribution in [2.45, 2.75) is 6.54 Å². The molecule has 82 valence electrons. The van der Waals surface area contributed by atoms with Crippen LogP contribution in [0.15, 0.2) is 35.8 Å². The zero-order chi connectivity index (χ0) is 11.4. The number of rotatable bonds is 4. The number of nitrogens with zero attached hydrogens (tertiary/aromatic N) is 1. The van der Waals surface area contributed by atoms with Crippen LogP contribution in [0.5, 0.6) is 0 Å². The molecule has 0 aliphatic heterocycles. The van der Waals surface area contributed by atoms with Crippen molar-refractivity contribution in [1.82, 2.24) is 4.98 Å². The van der Waals surface area contributed by atoms with Gasteiger partial charge in [-0.05, 0) is 12.1 Å². The van der Waals surface area contributed by atoms with Gasteiger partial charge in [0.25, 0.3) is 0 Å². The lowest BCUT2D eigenvalue weighted by molar-refractivity contribution is 1.10. The van der Waals surface area contributed by atoms with Gasteiger partial charge in [-0.25, -0.2) is 4.98 Å². The lowest BCUT2D eigenvalue weighted by atomic mass is 10.2. The Labute approximate surface area is 103 Å². The van der Waals surface area contributed by atoms with Crippen LogP contribution in [-0.2, 0) is 6.54 Å². The van der Waals surface area contributed by atoms with Crippen LogP contribution in [0.4, 0.5) is 5.69 Å². The highest BCUT2D eigenvalue weighted by molar-refractivity contribution is 7.80. The Hall–Kier alpha value is -1.46. The second-order valence-corrected chi connectivity index (χ2v) is 4.61. The van der Waals surface area contributed by atoms with Crippen LogP contribution in [0.1, 0.15) is 10.6 Å². The number of para-hydroxylation sites is 1. The molecule has 0 fully saturated rings. The molecule has 0 unspecified atom stereocenters. The van der Waals surface area contributed by atoms with E-state index in [9.17, 15) is 0 Å². The van der Waals surface area contributed by atoms with Gasteiger partial charge in [-0.1, -0.05) is 24.4 Å². The Morgan fingerprint density at radius 3 is 2.94 bits per heavy atom. The fraction of sp³-hybridized carbons (Fsp3) is 0.0909. The predicted octanol–water partition coefficient (Wildman–Crippen LogP) is 2.39. The number of benzene rings is 1. The first-order valence-corrected chi connectivity index (χ1v) is 6.07. The van der Waals surface area contributed by atoms with Crippen molar-refractivity contribution < 1.29 is 0 Å². The predicted molar refractivity (Wildman–Crippen MR) is 71.8 cm³/mol. The second-order valence-electron chi connectivity index (χ2n) is 3.19. The molecule has 3 nitrogen and oxygen atoms in total. The van der Waals surface area contributed by atoms with E-state index in [1.54, 1.807) is 17.5 Å². The topological polar surface area (TPSA) is 50.9 Å². The minimum Gasteiger partial charge on any atom is -0.389 e. The van der Waals surface area contributed by atoms with Gasteiger partial charge in [-0.2, -0.15) is 0 Å². The summed E-state index contributed by atoms with van der Waals surface area (Å²) in [6.45, 7) is 0.692. The molecule has 0 bridgehead atoms. The highest BCUT2D eigenvalue weighted by atomic mass is 32.1. The first-order valence-electron chi connectivity index (χ1n) is 4.78. The highest BCUT2D eigenvalue weighted by Gasteiger charge is 2.04. The molecular weight excluding hydrogens is 238 g/mol. The Balaban J connectivity index is 2.12. The van der Waals surface area contributed by atoms with Crippen LogP contribution >= 0.6 is 23.6 Å². The summed E-state index contributed by atoms with van der Waals surface area (Å²) >= 11 is 6.61. The molecule has 0 aliphatic rings. The molecule has 0 spiro atoms. The lowest BCUT2D eigenvalue weighted by Gasteiger charge is -2.09. The minimum absolute atomic E-state index is 0.405. The van der Waals surface area contributed by atoms with Crippen LogP contribution in [0.25, 0.3) is 0 Å². The number of hydrogen-bond acceptors (Lipinski definition) is 4. The summed E-state index contributed by atoms with van der Waals surface area (Å²) in [4.78, 5) is 4.60. The first-order chi connectivity index (χ1) is 7.77. The molecule has 5 heteroatoms. The number of thiazole rings is 1.